The number of aryl methyl sites for hydroxylation is 1. The minimum absolute atomic E-state index is 0.144. The van der Waals surface area contributed by atoms with Crippen LogP contribution in [-0.4, -0.2) is 11.7 Å². The quantitative estimate of drug-likeness (QED) is 0.226. The third-order valence-electron chi connectivity index (χ3n) is 7.79. The molecule has 41 heavy (non-hydrogen) atoms. The van der Waals surface area contributed by atoms with Gasteiger partial charge in [-0.2, -0.15) is 0 Å². The van der Waals surface area contributed by atoms with Gasteiger partial charge < -0.3 is 19.5 Å². The van der Waals surface area contributed by atoms with Gasteiger partial charge in [0.1, 0.15) is 23.6 Å². The molecule has 2 unspecified atom stereocenters. The van der Waals surface area contributed by atoms with Crippen LogP contribution in [0.1, 0.15) is 74.1 Å². The van der Waals surface area contributed by atoms with Crippen molar-refractivity contribution >= 4 is 5.69 Å². The molecule has 214 valence electrons. The zero-order valence-electron chi connectivity index (χ0n) is 25.2. The average molecular weight is 550 g/mol. The van der Waals surface area contributed by atoms with Crippen molar-refractivity contribution in [2.75, 3.05) is 5.32 Å². The maximum Gasteiger partial charge on any atom is 0.132 e. The van der Waals surface area contributed by atoms with Crippen LogP contribution in [0.5, 0.6) is 5.75 Å². The number of nitrogens with one attached hydrogen (secondary N) is 1. The highest BCUT2D eigenvalue weighted by Gasteiger charge is 2.45. The van der Waals surface area contributed by atoms with Crippen LogP contribution in [0.3, 0.4) is 0 Å². The molecule has 0 saturated heterocycles. The molecule has 4 aromatic carbocycles. The molecule has 5 rings (SSSR count). The molecule has 1 N–H and O–H groups in total. The van der Waals surface area contributed by atoms with Crippen LogP contribution >= 0.6 is 0 Å². The van der Waals surface area contributed by atoms with Gasteiger partial charge in [-0.1, -0.05) is 105 Å². The highest BCUT2D eigenvalue weighted by molar-refractivity contribution is 5.54. The van der Waals surface area contributed by atoms with E-state index < -0.39 is 5.60 Å². The predicted molar refractivity (Wildman–Crippen MR) is 167 cm³/mol. The molecule has 0 aromatic heterocycles. The number of benzene rings is 4. The lowest BCUT2D eigenvalue weighted by Gasteiger charge is -2.44. The Labute approximate surface area is 245 Å². The highest BCUT2D eigenvalue weighted by atomic mass is 16.6. The summed E-state index contributed by atoms with van der Waals surface area (Å²) in [6.45, 7) is 14.7. The number of anilines is 1. The largest absolute Gasteiger partial charge is 0.485 e. The first kappa shape index (κ1) is 28.9. The molecule has 0 amide bonds. The summed E-state index contributed by atoms with van der Waals surface area (Å²) in [5, 5.41) is 3.61. The van der Waals surface area contributed by atoms with Crippen LogP contribution in [0.2, 0.25) is 0 Å². The number of fused-ring (bicyclic) bond motifs is 1. The summed E-state index contributed by atoms with van der Waals surface area (Å²) in [7, 11) is 0. The molecule has 0 spiro atoms. The first-order chi connectivity index (χ1) is 19.6. The van der Waals surface area contributed by atoms with Gasteiger partial charge in [-0.05, 0) is 66.6 Å². The normalized spacial score (nSPS) is 17.9. The van der Waals surface area contributed by atoms with Crippen molar-refractivity contribution in [2.45, 2.75) is 84.5 Å². The lowest BCUT2D eigenvalue weighted by atomic mass is 9.87. The van der Waals surface area contributed by atoms with E-state index in [1.165, 1.54) is 16.7 Å². The molecule has 0 bridgehead atoms. The van der Waals surface area contributed by atoms with Crippen LogP contribution < -0.4 is 10.1 Å². The minimum Gasteiger partial charge on any atom is -0.485 e. The highest BCUT2D eigenvalue weighted by Crippen LogP contribution is 2.45. The molecule has 0 radical (unpaired) electrons. The van der Waals surface area contributed by atoms with Gasteiger partial charge in [0.25, 0.3) is 0 Å². The first-order valence-corrected chi connectivity index (χ1v) is 14.6. The fourth-order valence-corrected chi connectivity index (χ4v) is 5.27. The van der Waals surface area contributed by atoms with Crippen LogP contribution in [0, 0.1) is 6.92 Å². The average Bonchev–Trinajstić information content (AvgIpc) is 2.95. The van der Waals surface area contributed by atoms with E-state index in [1.807, 2.05) is 18.2 Å². The molecule has 0 aliphatic carbocycles. The minimum atomic E-state index is -0.581. The Morgan fingerprint density at radius 1 is 0.756 bits per heavy atom. The van der Waals surface area contributed by atoms with Gasteiger partial charge in [-0.3, -0.25) is 0 Å². The van der Waals surface area contributed by atoms with Gasteiger partial charge >= 0.3 is 0 Å². The Hall–Kier alpha value is -3.60. The van der Waals surface area contributed by atoms with Crippen molar-refractivity contribution in [2.24, 2.45) is 0 Å². The summed E-state index contributed by atoms with van der Waals surface area (Å²) in [5.74, 6) is 0.836. The van der Waals surface area contributed by atoms with Gasteiger partial charge in [-0.25, -0.2) is 0 Å². The van der Waals surface area contributed by atoms with Crippen molar-refractivity contribution in [1.82, 2.24) is 0 Å². The van der Waals surface area contributed by atoms with Crippen LogP contribution in [0.4, 0.5) is 5.69 Å². The number of hydrogen-bond acceptors (Lipinski definition) is 4. The molecule has 0 fully saturated rings. The molecule has 1 aliphatic heterocycles. The molecule has 1 aliphatic rings. The zero-order valence-corrected chi connectivity index (χ0v) is 25.2. The van der Waals surface area contributed by atoms with Crippen LogP contribution in [0.15, 0.2) is 97.1 Å². The standard InChI is InChI=1S/C37H43NO3/c1-26-12-14-29(15-13-26)25-40-35-34(39-24-28-10-8-7-9-11-28)32-22-31(20-21-33(32)41-37(35,5)6)38-23-27-16-18-30(19-17-27)36(2,3)4/h7-22,34-35,38H,23-25H2,1-6H3. The zero-order chi connectivity index (χ0) is 29.0. The van der Waals surface area contributed by atoms with Crippen molar-refractivity contribution in [1.29, 1.82) is 0 Å². The van der Waals surface area contributed by atoms with E-state index >= 15 is 0 Å². The number of ether oxygens (including phenoxy) is 3. The third kappa shape index (κ3) is 7.19. The van der Waals surface area contributed by atoms with Crippen LogP contribution in [-0.2, 0) is 34.6 Å². The summed E-state index contributed by atoms with van der Waals surface area (Å²) in [6, 6.07) is 33.9. The van der Waals surface area contributed by atoms with E-state index in [2.05, 4.69) is 126 Å². The Kier molecular flexibility index (Phi) is 8.53. The molecular formula is C37H43NO3. The topological polar surface area (TPSA) is 39.7 Å². The summed E-state index contributed by atoms with van der Waals surface area (Å²) >= 11 is 0. The smallest absolute Gasteiger partial charge is 0.132 e. The number of rotatable bonds is 9. The van der Waals surface area contributed by atoms with Crippen molar-refractivity contribution in [3.8, 4) is 5.75 Å². The van der Waals surface area contributed by atoms with E-state index in [9.17, 15) is 0 Å². The van der Waals surface area contributed by atoms with E-state index in [-0.39, 0.29) is 17.6 Å². The van der Waals surface area contributed by atoms with E-state index in [0.717, 1.165) is 34.7 Å². The fraction of sp³-hybridized carbons (Fsp3) is 0.351. The lowest BCUT2D eigenvalue weighted by Crippen LogP contribution is -2.50. The second-order valence-corrected chi connectivity index (χ2v) is 12.7. The Morgan fingerprint density at radius 2 is 1.39 bits per heavy atom. The summed E-state index contributed by atoms with van der Waals surface area (Å²) in [6.07, 6.45) is -0.604. The van der Waals surface area contributed by atoms with Gasteiger partial charge in [0, 0.05) is 17.8 Å². The van der Waals surface area contributed by atoms with Gasteiger partial charge in [-0.15, -0.1) is 0 Å². The van der Waals surface area contributed by atoms with E-state index in [0.29, 0.717) is 13.2 Å². The van der Waals surface area contributed by atoms with Gasteiger partial charge in [0.15, 0.2) is 0 Å². The molecule has 2 atom stereocenters. The van der Waals surface area contributed by atoms with Crippen LogP contribution in [0.25, 0.3) is 0 Å². The third-order valence-corrected chi connectivity index (χ3v) is 7.79. The van der Waals surface area contributed by atoms with E-state index in [1.54, 1.807) is 0 Å². The summed E-state index contributed by atoms with van der Waals surface area (Å²) in [5.41, 5.74) is 7.66. The number of hydrogen-bond donors (Lipinski definition) is 1. The Balaban J connectivity index is 1.39. The van der Waals surface area contributed by atoms with Gasteiger partial charge in [0.2, 0.25) is 0 Å². The Bertz CT molecular complexity index is 1420. The lowest BCUT2D eigenvalue weighted by molar-refractivity contribution is -0.170. The predicted octanol–water partition coefficient (Wildman–Crippen LogP) is 8.92. The SMILES string of the molecule is Cc1ccc(COC2C(OCc3ccccc3)c3cc(NCc4ccc(C(C)(C)C)cc4)ccc3OC2(C)C)cc1. The van der Waals surface area contributed by atoms with Crippen molar-refractivity contribution < 1.29 is 14.2 Å². The molecule has 4 nitrogen and oxygen atoms in total. The summed E-state index contributed by atoms with van der Waals surface area (Å²) < 4.78 is 19.9. The molecule has 1 heterocycles. The molecule has 4 aromatic rings. The fourth-order valence-electron chi connectivity index (χ4n) is 5.27. The monoisotopic (exact) mass is 549 g/mol. The van der Waals surface area contributed by atoms with E-state index in [4.69, 9.17) is 14.2 Å². The molecular weight excluding hydrogens is 506 g/mol. The Morgan fingerprint density at radius 3 is 2.07 bits per heavy atom. The second-order valence-electron chi connectivity index (χ2n) is 12.7. The maximum absolute atomic E-state index is 6.68. The van der Waals surface area contributed by atoms with Crippen molar-refractivity contribution in [3.05, 3.63) is 130 Å². The molecule has 0 saturated carbocycles. The first-order valence-electron chi connectivity index (χ1n) is 14.6. The van der Waals surface area contributed by atoms with Gasteiger partial charge in [0.05, 0.1) is 13.2 Å². The second kappa shape index (κ2) is 12.1. The molecule has 4 heteroatoms. The summed E-state index contributed by atoms with van der Waals surface area (Å²) in [4.78, 5) is 0. The maximum atomic E-state index is 6.68. The van der Waals surface area contributed by atoms with Crippen molar-refractivity contribution in [3.63, 3.8) is 0 Å².